The van der Waals surface area contributed by atoms with Crippen LogP contribution in [0.1, 0.15) is 20.3 Å². The molecule has 0 aliphatic heterocycles. The fraction of sp³-hybridized carbons (Fsp3) is 0.385. The molecule has 1 atom stereocenters. The Morgan fingerprint density at radius 2 is 1.85 bits per heavy atom. The van der Waals surface area contributed by atoms with Crippen molar-refractivity contribution in [1.29, 1.82) is 0 Å². The number of rotatable bonds is 1. The molecule has 1 aromatic rings. The van der Waals surface area contributed by atoms with Gasteiger partial charge in [0.15, 0.2) is 0 Å². The molecule has 0 saturated carbocycles. The largest absolute Gasteiger partial charge is 0.0761 e. The van der Waals surface area contributed by atoms with Crippen LogP contribution in [0.2, 0.25) is 0 Å². The SMILES string of the molecule is CC(C)C1C=c2ccccc2=CC1. The van der Waals surface area contributed by atoms with Crippen molar-refractivity contribution >= 4 is 12.2 Å². The first-order valence-corrected chi connectivity index (χ1v) is 5.04. The van der Waals surface area contributed by atoms with Crippen LogP contribution in [0.25, 0.3) is 12.2 Å². The molecule has 0 heterocycles. The van der Waals surface area contributed by atoms with E-state index in [4.69, 9.17) is 0 Å². The molecular weight excluding hydrogens is 156 g/mol. The molecule has 13 heavy (non-hydrogen) atoms. The summed E-state index contributed by atoms with van der Waals surface area (Å²) in [7, 11) is 0. The van der Waals surface area contributed by atoms with E-state index in [2.05, 4.69) is 50.3 Å². The van der Waals surface area contributed by atoms with Gasteiger partial charge in [-0.25, -0.2) is 0 Å². The Bertz CT molecular complexity index is 398. The zero-order chi connectivity index (χ0) is 9.26. The van der Waals surface area contributed by atoms with Crippen LogP contribution in [0.15, 0.2) is 24.3 Å². The highest BCUT2D eigenvalue weighted by molar-refractivity contribution is 5.40. The fourth-order valence-electron chi connectivity index (χ4n) is 1.87. The summed E-state index contributed by atoms with van der Waals surface area (Å²) in [4.78, 5) is 0. The topological polar surface area (TPSA) is 0 Å². The third-order valence-electron chi connectivity index (χ3n) is 2.86. The van der Waals surface area contributed by atoms with E-state index in [-0.39, 0.29) is 0 Å². The Morgan fingerprint density at radius 1 is 1.15 bits per heavy atom. The van der Waals surface area contributed by atoms with E-state index in [1.54, 1.807) is 0 Å². The molecular formula is C13H16. The Morgan fingerprint density at radius 3 is 2.54 bits per heavy atom. The van der Waals surface area contributed by atoms with Crippen molar-refractivity contribution in [3.8, 4) is 0 Å². The average Bonchev–Trinajstić information content (AvgIpc) is 2.17. The van der Waals surface area contributed by atoms with Gasteiger partial charge in [-0.05, 0) is 28.7 Å². The van der Waals surface area contributed by atoms with Gasteiger partial charge < -0.3 is 0 Å². The Balaban J connectivity index is 2.49. The van der Waals surface area contributed by atoms with Gasteiger partial charge in [0, 0.05) is 0 Å². The van der Waals surface area contributed by atoms with Crippen LogP contribution >= 0.6 is 0 Å². The van der Waals surface area contributed by atoms with E-state index in [0.29, 0.717) is 0 Å². The van der Waals surface area contributed by atoms with E-state index >= 15 is 0 Å². The van der Waals surface area contributed by atoms with Gasteiger partial charge in [0.2, 0.25) is 0 Å². The van der Waals surface area contributed by atoms with Crippen molar-refractivity contribution in [2.75, 3.05) is 0 Å². The lowest BCUT2D eigenvalue weighted by molar-refractivity contribution is 0.499. The van der Waals surface area contributed by atoms with Crippen LogP contribution in [0.5, 0.6) is 0 Å². The zero-order valence-corrected chi connectivity index (χ0v) is 8.33. The van der Waals surface area contributed by atoms with Crippen LogP contribution < -0.4 is 10.4 Å². The lowest BCUT2D eigenvalue weighted by atomic mass is 9.88. The highest BCUT2D eigenvalue weighted by Gasteiger charge is 2.10. The Labute approximate surface area is 79.6 Å². The molecule has 0 bridgehead atoms. The van der Waals surface area contributed by atoms with Crippen molar-refractivity contribution in [2.24, 2.45) is 11.8 Å². The maximum absolute atomic E-state index is 2.42. The standard InChI is InChI=1S/C13H16/c1-10(2)12-8-7-11-5-3-4-6-13(11)9-12/h3-7,9-10,12H,8H2,1-2H3. The first-order valence-electron chi connectivity index (χ1n) is 5.04. The van der Waals surface area contributed by atoms with E-state index in [9.17, 15) is 0 Å². The minimum atomic E-state index is 0.731. The molecule has 0 fully saturated rings. The summed E-state index contributed by atoms with van der Waals surface area (Å²) < 4.78 is 0. The lowest BCUT2D eigenvalue weighted by Crippen LogP contribution is -2.29. The quantitative estimate of drug-likeness (QED) is 0.607. The second-order valence-electron chi connectivity index (χ2n) is 4.14. The molecule has 0 nitrogen and oxygen atoms in total. The second kappa shape index (κ2) is 3.37. The van der Waals surface area contributed by atoms with E-state index < -0.39 is 0 Å². The highest BCUT2D eigenvalue weighted by atomic mass is 14.1. The molecule has 0 spiro atoms. The van der Waals surface area contributed by atoms with E-state index in [1.807, 2.05) is 0 Å². The molecule has 0 N–H and O–H groups in total. The molecule has 68 valence electrons. The highest BCUT2D eigenvalue weighted by Crippen LogP contribution is 2.18. The zero-order valence-electron chi connectivity index (χ0n) is 8.33. The summed E-state index contributed by atoms with van der Waals surface area (Å²) in [5.41, 5.74) is 0. The summed E-state index contributed by atoms with van der Waals surface area (Å²) in [6, 6.07) is 8.63. The molecule has 0 amide bonds. The molecule has 0 saturated heterocycles. The molecule has 1 aliphatic carbocycles. The number of hydrogen-bond donors (Lipinski definition) is 0. The van der Waals surface area contributed by atoms with Crippen LogP contribution in [0, 0.1) is 11.8 Å². The predicted octanol–water partition coefficient (Wildman–Crippen LogP) is 1.92. The van der Waals surface area contributed by atoms with Gasteiger partial charge in [0.1, 0.15) is 0 Å². The average molecular weight is 172 g/mol. The predicted molar refractivity (Wildman–Crippen MR) is 57.6 cm³/mol. The molecule has 1 aromatic carbocycles. The van der Waals surface area contributed by atoms with Gasteiger partial charge in [0.05, 0.1) is 0 Å². The van der Waals surface area contributed by atoms with Gasteiger partial charge >= 0.3 is 0 Å². The maximum atomic E-state index is 2.42. The van der Waals surface area contributed by atoms with E-state index in [0.717, 1.165) is 11.8 Å². The molecule has 1 unspecified atom stereocenters. The number of benzene rings is 1. The monoisotopic (exact) mass is 172 g/mol. The van der Waals surface area contributed by atoms with Crippen molar-refractivity contribution in [3.63, 3.8) is 0 Å². The van der Waals surface area contributed by atoms with Crippen LogP contribution in [-0.2, 0) is 0 Å². The summed E-state index contributed by atoms with van der Waals surface area (Å²) in [6.07, 6.45) is 5.98. The van der Waals surface area contributed by atoms with Crippen molar-refractivity contribution in [3.05, 3.63) is 34.7 Å². The van der Waals surface area contributed by atoms with Crippen LogP contribution in [-0.4, -0.2) is 0 Å². The van der Waals surface area contributed by atoms with Gasteiger partial charge in [-0.2, -0.15) is 0 Å². The summed E-state index contributed by atoms with van der Waals surface area (Å²) >= 11 is 0. The van der Waals surface area contributed by atoms with Gasteiger partial charge in [-0.15, -0.1) is 0 Å². The molecule has 2 rings (SSSR count). The summed E-state index contributed by atoms with van der Waals surface area (Å²) in [6.45, 7) is 4.59. The smallest absolute Gasteiger partial charge is 0.0166 e. The van der Waals surface area contributed by atoms with Crippen LogP contribution in [0.3, 0.4) is 0 Å². The lowest BCUT2D eigenvalue weighted by Gasteiger charge is -2.17. The first-order chi connectivity index (χ1) is 6.27. The Kier molecular flexibility index (Phi) is 2.22. The minimum absolute atomic E-state index is 0.731. The normalized spacial score (nSPS) is 20.4. The van der Waals surface area contributed by atoms with Crippen molar-refractivity contribution < 1.29 is 0 Å². The number of fused-ring (bicyclic) bond motifs is 1. The van der Waals surface area contributed by atoms with Gasteiger partial charge in [-0.1, -0.05) is 50.3 Å². The Hall–Kier alpha value is -1.04. The molecule has 1 aliphatic rings. The second-order valence-corrected chi connectivity index (χ2v) is 4.14. The van der Waals surface area contributed by atoms with Crippen molar-refractivity contribution in [1.82, 2.24) is 0 Å². The van der Waals surface area contributed by atoms with Gasteiger partial charge in [0.25, 0.3) is 0 Å². The van der Waals surface area contributed by atoms with Crippen molar-refractivity contribution in [2.45, 2.75) is 20.3 Å². The molecule has 0 heteroatoms. The van der Waals surface area contributed by atoms with E-state index in [1.165, 1.54) is 16.9 Å². The van der Waals surface area contributed by atoms with Crippen LogP contribution in [0.4, 0.5) is 0 Å². The molecule has 0 aromatic heterocycles. The third kappa shape index (κ3) is 1.67. The summed E-state index contributed by atoms with van der Waals surface area (Å²) in [5.74, 6) is 1.49. The number of hydrogen-bond acceptors (Lipinski definition) is 0. The summed E-state index contributed by atoms with van der Waals surface area (Å²) in [5, 5.41) is 2.81. The maximum Gasteiger partial charge on any atom is -0.0166 e. The first kappa shape index (κ1) is 8.55. The van der Waals surface area contributed by atoms with Gasteiger partial charge in [-0.3, -0.25) is 0 Å². The third-order valence-corrected chi connectivity index (χ3v) is 2.86. The minimum Gasteiger partial charge on any atom is -0.0761 e. The fourth-order valence-corrected chi connectivity index (χ4v) is 1.87. The molecule has 0 radical (unpaired) electrons.